The van der Waals surface area contributed by atoms with E-state index in [2.05, 4.69) is 0 Å². The highest BCUT2D eigenvalue weighted by Gasteiger charge is 2.13. The third kappa shape index (κ3) is 5.75. The minimum Gasteiger partial charge on any atom is -0.491 e. The molecular weight excluding hydrogens is 283 g/mol. The molecule has 2 N–H and O–H groups in total. The lowest BCUT2D eigenvalue weighted by molar-refractivity contribution is -0.131. The van der Waals surface area contributed by atoms with Crippen molar-refractivity contribution in [3.63, 3.8) is 0 Å². The molecule has 114 valence electrons. The average molecular weight is 305 g/mol. The predicted octanol–water partition coefficient (Wildman–Crippen LogP) is 2.21. The minimum atomic E-state index is -0.386. The summed E-state index contributed by atoms with van der Waals surface area (Å²) < 4.78 is 18.5. The number of ether oxygens (including phenoxy) is 1. The molecule has 1 aromatic rings. The second-order valence-electron chi connectivity index (χ2n) is 4.47. The van der Waals surface area contributed by atoms with E-state index < -0.39 is 0 Å². The zero-order valence-electron chi connectivity index (χ0n) is 11.8. The van der Waals surface area contributed by atoms with E-state index in [1.807, 2.05) is 6.92 Å². The first-order chi connectivity index (χ1) is 9.06. The van der Waals surface area contributed by atoms with Crippen molar-refractivity contribution >= 4 is 18.3 Å². The Labute approximate surface area is 125 Å². The molecule has 1 amide bonds. The Morgan fingerprint density at radius 3 is 2.70 bits per heavy atom. The predicted molar refractivity (Wildman–Crippen MR) is 79.7 cm³/mol. The zero-order chi connectivity index (χ0) is 14.3. The standard InChI is InChI=1S/C14H21FN2O2.ClH/c1-11(10-16)17(2)14(18)8-5-9-19-13-7-4-3-6-12(13)15;/h3-4,6-7,11H,5,8-10,16H2,1-2H3;1H. The van der Waals surface area contributed by atoms with Crippen LogP contribution >= 0.6 is 12.4 Å². The first kappa shape index (κ1) is 18.7. The summed E-state index contributed by atoms with van der Waals surface area (Å²) >= 11 is 0. The average Bonchev–Trinajstić information content (AvgIpc) is 2.43. The number of rotatable bonds is 7. The molecule has 0 spiro atoms. The summed E-state index contributed by atoms with van der Waals surface area (Å²) in [6, 6.07) is 6.26. The van der Waals surface area contributed by atoms with Gasteiger partial charge in [-0.3, -0.25) is 4.79 Å². The lowest BCUT2D eigenvalue weighted by Crippen LogP contribution is -2.39. The van der Waals surface area contributed by atoms with Crippen molar-refractivity contribution in [1.29, 1.82) is 0 Å². The van der Waals surface area contributed by atoms with Gasteiger partial charge >= 0.3 is 0 Å². The number of benzene rings is 1. The summed E-state index contributed by atoms with van der Waals surface area (Å²) in [5, 5.41) is 0. The van der Waals surface area contributed by atoms with Crippen molar-refractivity contribution in [2.24, 2.45) is 5.73 Å². The number of carbonyl (C=O) groups is 1. The summed E-state index contributed by atoms with van der Waals surface area (Å²) in [6.07, 6.45) is 0.921. The van der Waals surface area contributed by atoms with Crippen LogP contribution in [0.15, 0.2) is 24.3 Å². The van der Waals surface area contributed by atoms with Gasteiger partial charge in [0.15, 0.2) is 11.6 Å². The molecule has 1 rings (SSSR count). The molecule has 4 nitrogen and oxygen atoms in total. The van der Waals surface area contributed by atoms with E-state index >= 15 is 0 Å². The highest BCUT2D eigenvalue weighted by molar-refractivity contribution is 5.85. The van der Waals surface area contributed by atoms with Crippen LogP contribution in [-0.4, -0.2) is 37.0 Å². The first-order valence-electron chi connectivity index (χ1n) is 6.39. The minimum absolute atomic E-state index is 0. The summed E-state index contributed by atoms with van der Waals surface area (Å²) in [5.41, 5.74) is 5.50. The molecule has 0 aliphatic carbocycles. The van der Waals surface area contributed by atoms with Crippen molar-refractivity contribution in [3.05, 3.63) is 30.1 Å². The molecule has 0 saturated heterocycles. The van der Waals surface area contributed by atoms with Gasteiger partial charge < -0.3 is 15.4 Å². The number of para-hydroxylation sites is 1. The van der Waals surface area contributed by atoms with Gasteiger partial charge in [-0.15, -0.1) is 12.4 Å². The van der Waals surface area contributed by atoms with Gasteiger partial charge in [-0.05, 0) is 25.5 Å². The fraction of sp³-hybridized carbons (Fsp3) is 0.500. The van der Waals surface area contributed by atoms with Crippen LogP contribution in [0.5, 0.6) is 5.75 Å². The second-order valence-corrected chi connectivity index (χ2v) is 4.47. The Kier molecular flexibility index (Phi) is 8.92. The highest BCUT2D eigenvalue weighted by Crippen LogP contribution is 2.15. The first-order valence-corrected chi connectivity index (χ1v) is 6.39. The molecule has 0 heterocycles. The second kappa shape index (κ2) is 9.55. The number of amides is 1. The molecule has 0 aliphatic heterocycles. The van der Waals surface area contributed by atoms with E-state index in [1.165, 1.54) is 6.07 Å². The van der Waals surface area contributed by atoms with Gasteiger partial charge in [0.1, 0.15) is 0 Å². The van der Waals surface area contributed by atoms with Gasteiger partial charge in [-0.2, -0.15) is 0 Å². The molecule has 0 fully saturated rings. The fourth-order valence-electron chi connectivity index (χ4n) is 1.55. The van der Waals surface area contributed by atoms with Gasteiger partial charge in [0, 0.05) is 26.1 Å². The molecule has 1 atom stereocenters. The number of halogens is 2. The molecule has 0 radical (unpaired) electrons. The summed E-state index contributed by atoms with van der Waals surface area (Å²) in [4.78, 5) is 13.4. The van der Waals surface area contributed by atoms with Crippen molar-refractivity contribution in [1.82, 2.24) is 4.90 Å². The molecule has 0 aliphatic rings. The molecular formula is C14H22ClFN2O2. The smallest absolute Gasteiger partial charge is 0.222 e. The van der Waals surface area contributed by atoms with Crippen LogP contribution in [0.2, 0.25) is 0 Å². The van der Waals surface area contributed by atoms with Crippen LogP contribution in [0.3, 0.4) is 0 Å². The molecule has 0 saturated carbocycles. The zero-order valence-corrected chi connectivity index (χ0v) is 12.7. The highest BCUT2D eigenvalue weighted by atomic mass is 35.5. The number of hydrogen-bond donors (Lipinski definition) is 1. The summed E-state index contributed by atoms with van der Waals surface area (Å²) in [6.45, 7) is 2.65. The largest absolute Gasteiger partial charge is 0.491 e. The van der Waals surface area contributed by atoms with E-state index in [4.69, 9.17) is 10.5 Å². The van der Waals surface area contributed by atoms with Gasteiger partial charge in [0.2, 0.25) is 5.91 Å². The Balaban J connectivity index is 0.00000361. The van der Waals surface area contributed by atoms with E-state index in [1.54, 1.807) is 30.1 Å². The van der Waals surface area contributed by atoms with Crippen LogP contribution in [0.4, 0.5) is 4.39 Å². The topological polar surface area (TPSA) is 55.6 Å². The number of hydrogen-bond acceptors (Lipinski definition) is 3. The molecule has 0 aromatic heterocycles. The Morgan fingerprint density at radius 2 is 2.10 bits per heavy atom. The van der Waals surface area contributed by atoms with Crippen LogP contribution in [0.25, 0.3) is 0 Å². The van der Waals surface area contributed by atoms with Crippen LogP contribution in [-0.2, 0) is 4.79 Å². The number of likely N-dealkylation sites (N-methyl/N-ethyl adjacent to an activating group) is 1. The third-order valence-corrected chi connectivity index (χ3v) is 3.02. The summed E-state index contributed by atoms with van der Waals surface area (Å²) in [7, 11) is 1.73. The van der Waals surface area contributed by atoms with Gasteiger partial charge in [-0.1, -0.05) is 12.1 Å². The van der Waals surface area contributed by atoms with Crippen molar-refractivity contribution in [3.8, 4) is 5.75 Å². The van der Waals surface area contributed by atoms with Crippen LogP contribution in [0, 0.1) is 5.82 Å². The van der Waals surface area contributed by atoms with Gasteiger partial charge in [0.25, 0.3) is 0 Å². The SMILES string of the molecule is CC(CN)N(C)C(=O)CCCOc1ccccc1F.Cl. The molecule has 1 aromatic carbocycles. The number of nitrogens with zero attached hydrogens (tertiary/aromatic N) is 1. The lowest BCUT2D eigenvalue weighted by atomic mass is 10.2. The maximum atomic E-state index is 13.2. The lowest BCUT2D eigenvalue weighted by Gasteiger charge is -2.23. The number of nitrogens with two attached hydrogens (primary N) is 1. The third-order valence-electron chi connectivity index (χ3n) is 3.02. The van der Waals surface area contributed by atoms with Gasteiger partial charge in [-0.25, -0.2) is 4.39 Å². The van der Waals surface area contributed by atoms with E-state index in [-0.39, 0.29) is 35.9 Å². The van der Waals surface area contributed by atoms with E-state index in [9.17, 15) is 9.18 Å². The monoisotopic (exact) mass is 304 g/mol. The van der Waals surface area contributed by atoms with E-state index in [0.29, 0.717) is 26.0 Å². The molecule has 20 heavy (non-hydrogen) atoms. The molecule has 6 heteroatoms. The Morgan fingerprint density at radius 1 is 1.45 bits per heavy atom. The van der Waals surface area contributed by atoms with Crippen LogP contribution in [0.1, 0.15) is 19.8 Å². The van der Waals surface area contributed by atoms with Crippen LogP contribution < -0.4 is 10.5 Å². The molecule has 0 bridgehead atoms. The van der Waals surface area contributed by atoms with Gasteiger partial charge in [0.05, 0.1) is 6.61 Å². The normalized spacial score (nSPS) is 11.4. The van der Waals surface area contributed by atoms with Crippen molar-refractivity contribution in [2.75, 3.05) is 20.2 Å². The summed E-state index contributed by atoms with van der Waals surface area (Å²) in [5.74, 6) is -0.142. The quantitative estimate of drug-likeness (QED) is 0.786. The maximum Gasteiger partial charge on any atom is 0.222 e. The fourth-order valence-corrected chi connectivity index (χ4v) is 1.55. The van der Waals surface area contributed by atoms with Crippen molar-refractivity contribution < 1.29 is 13.9 Å². The maximum absolute atomic E-state index is 13.2. The Hall–Kier alpha value is -1.33. The number of carbonyl (C=O) groups excluding carboxylic acids is 1. The molecule has 1 unspecified atom stereocenters. The Bertz CT molecular complexity index is 418. The van der Waals surface area contributed by atoms with Crippen molar-refractivity contribution in [2.45, 2.75) is 25.8 Å². The van der Waals surface area contributed by atoms with E-state index in [0.717, 1.165) is 0 Å².